The largest absolute Gasteiger partial charge is 0.486 e. The molecule has 0 bridgehead atoms. The lowest BCUT2D eigenvalue weighted by atomic mass is 10.1. The molecule has 28 heavy (non-hydrogen) atoms. The van der Waals surface area contributed by atoms with E-state index < -0.39 is 12.0 Å². The standard InChI is InChI=1S/C19H27N3O6/c1-4-22(12-18(24)21-19(25)26-5-2)11-17(23)20-13(3)14-6-7-15-16(10-14)28-9-8-27-15/h6-7,10,13H,4-5,8-9,11-12H2,1-3H3,(H,20,23)(H,21,24,25)/p+1/t13-/m1/s1. The predicted octanol–water partition coefficient (Wildman–Crippen LogP) is -0.187. The van der Waals surface area contributed by atoms with Gasteiger partial charge in [0.25, 0.3) is 11.8 Å². The Labute approximate surface area is 164 Å². The van der Waals surface area contributed by atoms with E-state index in [1.165, 1.54) is 0 Å². The summed E-state index contributed by atoms with van der Waals surface area (Å²) >= 11 is 0. The Balaban J connectivity index is 1.85. The van der Waals surface area contributed by atoms with Crippen molar-refractivity contribution in [2.75, 3.05) is 39.5 Å². The molecule has 1 aromatic rings. The number of carbonyl (C=O) groups is 3. The van der Waals surface area contributed by atoms with Crippen molar-refractivity contribution in [3.63, 3.8) is 0 Å². The zero-order valence-corrected chi connectivity index (χ0v) is 16.5. The first-order valence-electron chi connectivity index (χ1n) is 9.42. The van der Waals surface area contributed by atoms with Crippen molar-refractivity contribution in [1.82, 2.24) is 10.6 Å². The fraction of sp³-hybridized carbons (Fsp3) is 0.526. The third-order valence-corrected chi connectivity index (χ3v) is 4.28. The predicted molar refractivity (Wildman–Crippen MR) is 100 cm³/mol. The highest BCUT2D eigenvalue weighted by molar-refractivity contribution is 5.92. The van der Waals surface area contributed by atoms with Gasteiger partial charge in [-0.25, -0.2) is 4.79 Å². The highest BCUT2D eigenvalue weighted by Gasteiger charge is 2.21. The number of rotatable bonds is 8. The zero-order chi connectivity index (χ0) is 20.5. The van der Waals surface area contributed by atoms with Gasteiger partial charge in [-0.15, -0.1) is 0 Å². The summed E-state index contributed by atoms with van der Waals surface area (Å²) in [4.78, 5) is 36.3. The number of alkyl carbamates (subject to hydrolysis) is 1. The van der Waals surface area contributed by atoms with Crippen LogP contribution in [0.1, 0.15) is 32.4 Å². The number of benzene rings is 1. The molecule has 0 saturated heterocycles. The number of nitrogens with one attached hydrogen (secondary N) is 3. The molecule has 3 amide bonds. The second kappa shape index (κ2) is 10.5. The van der Waals surface area contributed by atoms with Crippen LogP contribution in [0.2, 0.25) is 0 Å². The summed E-state index contributed by atoms with van der Waals surface area (Å²) in [6.45, 7) is 7.28. The molecule has 0 fully saturated rings. The van der Waals surface area contributed by atoms with E-state index in [1.54, 1.807) is 6.92 Å². The van der Waals surface area contributed by atoms with Gasteiger partial charge in [0.05, 0.1) is 19.2 Å². The van der Waals surface area contributed by atoms with Crippen molar-refractivity contribution in [3.05, 3.63) is 23.8 Å². The smallest absolute Gasteiger partial charge is 0.414 e. The van der Waals surface area contributed by atoms with Crippen molar-refractivity contribution in [2.24, 2.45) is 0 Å². The lowest BCUT2D eigenvalue weighted by Crippen LogP contribution is -3.14. The summed E-state index contributed by atoms with van der Waals surface area (Å²) < 4.78 is 15.7. The minimum Gasteiger partial charge on any atom is -0.486 e. The molecule has 2 rings (SSSR count). The molecule has 9 heteroatoms. The topological polar surface area (TPSA) is 107 Å². The Morgan fingerprint density at radius 1 is 1.11 bits per heavy atom. The number of fused-ring (bicyclic) bond motifs is 1. The van der Waals surface area contributed by atoms with Gasteiger partial charge in [-0.2, -0.15) is 0 Å². The molecular weight excluding hydrogens is 366 g/mol. The quantitative estimate of drug-likeness (QED) is 0.564. The van der Waals surface area contributed by atoms with Crippen LogP contribution in [0, 0.1) is 0 Å². The van der Waals surface area contributed by atoms with Gasteiger partial charge >= 0.3 is 6.09 Å². The molecule has 0 radical (unpaired) electrons. The minimum atomic E-state index is -0.778. The summed E-state index contributed by atoms with van der Waals surface area (Å²) in [6.07, 6.45) is -0.778. The molecule has 0 spiro atoms. The van der Waals surface area contributed by atoms with Gasteiger partial charge in [0.2, 0.25) is 0 Å². The van der Waals surface area contributed by atoms with Crippen LogP contribution in [0.4, 0.5) is 4.79 Å². The monoisotopic (exact) mass is 394 g/mol. The van der Waals surface area contributed by atoms with Gasteiger partial charge in [-0.1, -0.05) is 6.07 Å². The van der Waals surface area contributed by atoms with Gasteiger partial charge < -0.3 is 24.4 Å². The van der Waals surface area contributed by atoms with Gasteiger partial charge in [-0.05, 0) is 38.5 Å². The molecule has 1 aliphatic rings. The Kier molecular flexibility index (Phi) is 8.06. The number of imide groups is 1. The maximum Gasteiger partial charge on any atom is 0.414 e. The van der Waals surface area contributed by atoms with Crippen LogP contribution in [-0.4, -0.2) is 57.4 Å². The van der Waals surface area contributed by atoms with Crippen molar-refractivity contribution in [3.8, 4) is 11.5 Å². The van der Waals surface area contributed by atoms with Crippen molar-refractivity contribution < 1.29 is 33.5 Å². The van der Waals surface area contributed by atoms with Gasteiger partial charge in [0, 0.05) is 0 Å². The van der Waals surface area contributed by atoms with Crippen LogP contribution in [0.5, 0.6) is 11.5 Å². The van der Waals surface area contributed by atoms with E-state index in [9.17, 15) is 14.4 Å². The van der Waals surface area contributed by atoms with Crippen LogP contribution < -0.4 is 25.0 Å². The molecule has 0 aromatic heterocycles. The van der Waals surface area contributed by atoms with E-state index in [4.69, 9.17) is 9.47 Å². The molecule has 1 unspecified atom stereocenters. The van der Waals surface area contributed by atoms with Gasteiger partial charge in [0.1, 0.15) is 13.2 Å². The Morgan fingerprint density at radius 2 is 1.79 bits per heavy atom. The molecule has 0 aliphatic carbocycles. The molecule has 3 N–H and O–H groups in total. The molecule has 154 valence electrons. The number of amides is 3. The Hall–Kier alpha value is -2.81. The van der Waals surface area contributed by atoms with Gasteiger partial charge in [0.15, 0.2) is 24.6 Å². The fourth-order valence-electron chi connectivity index (χ4n) is 2.80. The lowest BCUT2D eigenvalue weighted by molar-refractivity contribution is -0.881. The van der Waals surface area contributed by atoms with Crippen molar-refractivity contribution in [2.45, 2.75) is 26.8 Å². The first-order chi connectivity index (χ1) is 13.4. The van der Waals surface area contributed by atoms with E-state index >= 15 is 0 Å². The molecule has 9 nitrogen and oxygen atoms in total. The Bertz CT molecular complexity index is 709. The highest BCUT2D eigenvalue weighted by atomic mass is 16.6. The SMILES string of the molecule is CCOC(=O)NC(=O)C[NH+](CC)CC(=O)N[C@H](C)c1ccc2c(c1)OCCO2. The summed E-state index contributed by atoms with van der Waals surface area (Å²) in [5.74, 6) is 0.690. The molecule has 0 saturated carbocycles. The number of ether oxygens (including phenoxy) is 3. The molecular formula is C19H28N3O6+. The summed E-state index contributed by atoms with van der Waals surface area (Å²) in [7, 11) is 0. The first kappa shape index (κ1) is 21.5. The third kappa shape index (κ3) is 6.41. The van der Waals surface area contributed by atoms with E-state index in [0.29, 0.717) is 31.3 Å². The number of quaternary nitrogens is 1. The number of likely N-dealkylation sites (N-methyl/N-ethyl adjacent to an activating group) is 1. The molecule has 1 heterocycles. The minimum absolute atomic E-state index is 0.00113. The van der Waals surface area contributed by atoms with E-state index in [2.05, 4.69) is 15.4 Å². The van der Waals surface area contributed by atoms with Crippen molar-refractivity contribution >= 4 is 17.9 Å². The number of hydrogen-bond donors (Lipinski definition) is 3. The van der Waals surface area contributed by atoms with Crippen LogP contribution in [0.25, 0.3) is 0 Å². The average molecular weight is 394 g/mol. The number of hydrogen-bond acceptors (Lipinski definition) is 6. The molecule has 1 aromatic carbocycles. The lowest BCUT2D eigenvalue weighted by Gasteiger charge is -2.22. The first-order valence-corrected chi connectivity index (χ1v) is 9.42. The van der Waals surface area contributed by atoms with E-state index in [0.717, 1.165) is 10.5 Å². The van der Waals surface area contributed by atoms with Crippen LogP contribution in [-0.2, 0) is 14.3 Å². The summed E-state index contributed by atoms with van der Waals surface area (Å²) in [6, 6.07) is 5.34. The van der Waals surface area contributed by atoms with Crippen molar-refractivity contribution in [1.29, 1.82) is 0 Å². The molecule has 2 atom stereocenters. The summed E-state index contributed by atoms with van der Waals surface area (Å²) in [5.41, 5.74) is 0.899. The van der Waals surface area contributed by atoms with Crippen LogP contribution in [0.15, 0.2) is 18.2 Å². The second-order valence-electron chi connectivity index (χ2n) is 6.42. The van der Waals surface area contributed by atoms with E-state index in [1.807, 2.05) is 32.0 Å². The van der Waals surface area contributed by atoms with Gasteiger partial charge in [-0.3, -0.25) is 14.9 Å². The summed E-state index contributed by atoms with van der Waals surface area (Å²) in [5, 5.41) is 5.06. The van der Waals surface area contributed by atoms with E-state index in [-0.39, 0.29) is 31.6 Å². The highest BCUT2D eigenvalue weighted by Crippen LogP contribution is 2.32. The second-order valence-corrected chi connectivity index (χ2v) is 6.42. The molecule has 1 aliphatic heterocycles. The zero-order valence-electron chi connectivity index (χ0n) is 16.5. The normalized spacial score (nSPS) is 14.5. The third-order valence-electron chi connectivity index (χ3n) is 4.28. The maximum absolute atomic E-state index is 12.4. The van der Waals surface area contributed by atoms with Crippen LogP contribution in [0.3, 0.4) is 0 Å². The number of carbonyl (C=O) groups excluding carboxylic acids is 3. The maximum atomic E-state index is 12.4. The van der Waals surface area contributed by atoms with Crippen LogP contribution >= 0.6 is 0 Å². The average Bonchev–Trinajstić information content (AvgIpc) is 2.66. The fourth-order valence-corrected chi connectivity index (χ4v) is 2.80. The Morgan fingerprint density at radius 3 is 2.46 bits per heavy atom.